The van der Waals surface area contributed by atoms with Gasteiger partial charge in [0.1, 0.15) is 0 Å². The first-order chi connectivity index (χ1) is 8.50. The maximum absolute atomic E-state index is 11.7. The number of ether oxygens (including phenoxy) is 1. The van der Waals surface area contributed by atoms with Gasteiger partial charge in [0.25, 0.3) is 5.91 Å². The van der Waals surface area contributed by atoms with Crippen molar-refractivity contribution < 1.29 is 9.53 Å². The molecule has 0 saturated heterocycles. The van der Waals surface area contributed by atoms with Gasteiger partial charge in [-0.3, -0.25) is 4.79 Å². The maximum atomic E-state index is 11.7. The summed E-state index contributed by atoms with van der Waals surface area (Å²) in [4.78, 5) is 11.7. The van der Waals surface area contributed by atoms with Gasteiger partial charge in [0.2, 0.25) is 0 Å². The van der Waals surface area contributed by atoms with Crippen molar-refractivity contribution in [3.05, 3.63) is 34.1 Å². The quantitative estimate of drug-likeness (QED) is 0.643. The smallest absolute Gasteiger partial charge is 0.254 e. The molecule has 0 spiro atoms. The number of amides is 1. The SMILES string of the molecule is C=C(C)COCCNC(=O)c1cc(Cl)nnc1Cl. The lowest BCUT2D eigenvalue weighted by molar-refractivity contribution is 0.0926. The van der Waals surface area contributed by atoms with E-state index in [1.54, 1.807) is 0 Å². The molecular formula is C11H13Cl2N3O2. The molecule has 18 heavy (non-hydrogen) atoms. The number of nitrogens with zero attached hydrogens (tertiary/aromatic N) is 2. The molecule has 1 aromatic heterocycles. The van der Waals surface area contributed by atoms with Crippen LogP contribution in [-0.2, 0) is 4.74 Å². The van der Waals surface area contributed by atoms with E-state index in [-0.39, 0.29) is 21.8 Å². The van der Waals surface area contributed by atoms with Crippen molar-refractivity contribution in [2.75, 3.05) is 19.8 Å². The van der Waals surface area contributed by atoms with Crippen LogP contribution in [0.15, 0.2) is 18.2 Å². The molecule has 0 saturated carbocycles. The molecule has 0 unspecified atom stereocenters. The summed E-state index contributed by atoms with van der Waals surface area (Å²) in [5, 5.41) is 9.83. The second-order valence-corrected chi connectivity index (χ2v) is 4.38. The monoisotopic (exact) mass is 289 g/mol. The molecule has 1 N–H and O–H groups in total. The fourth-order valence-corrected chi connectivity index (χ4v) is 1.42. The van der Waals surface area contributed by atoms with E-state index in [9.17, 15) is 4.79 Å². The van der Waals surface area contributed by atoms with Crippen LogP contribution < -0.4 is 5.32 Å². The van der Waals surface area contributed by atoms with Gasteiger partial charge in [0.05, 0.1) is 18.8 Å². The normalized spacial score (nSPS) is 10.2. The predicted octanol–water partition coefficient (Wildman–Crippen LogP) is 2.11. The summed E-state index contributed by atoms with van der Waals surface area (Å²) >= 11 is 11.4. The maximum Gasteiger partial charge on any atom is 0.254 e. The summed E-state index contributed by atoms with van der Waals surface area (Å²) in [6.07, 6.45) is 0. The zero-order valence-electron chi connectivity index (χ0n) is 9.87. The van der Waals surface area contributed by atoms with Crippen LogP contribution in [-0.4, -0.2) is 35.9 Å². The van der Waals surface area contributed by atoms with E-state index in [1.165, 1.54) is 6.07 Å². The minimum absolute atomic E-state index is 0.0137. The summed E-state index contributed by atoms with van der Waals surface area (Å²) in [6.45, 7) is 6.79. The minimum Gasteiger partial charge on any atom is -0.375 e. The van der Waals surface area contributed by atoms with Crippen molar-refractivity contribution >= 4 is 29.1 Å². The summed E-state index contributed by atoms with van der Waals surface area (Å²) < 4.78 is 5.23. The first kappa shape index (κ1) is 14.9. The highest BCUT2D eigenvalue weighted by molar-refractivity contribution is 6.34. The van der Waals surface area contributed by atoms with E-state index in [4.69, 9.17) is 27.9 Å². The lowest BCUT2D eigenvalue weighted by Gasteiger charge is -2.07. The Balaban J connectivity index is 2.41. The fourth-order valence-electron chi connectivity index (χ4n) is 1.09. The summed E-state index contributed by atoms with van der Waals surface area (Å²) in [7, 11) is 0. The first-order valence-corrected chi connectivity index (χ1v) is 5.95. The highest BCUT2D eigenvalue weighted by Crippen LogP contribution is 2.14. The second kappa shape index (κ2) is 7.31. The topological polar surface area (TPSA) is 64.1 Å². The highest BCUT2D eigenvalue weighted by atomic mass is 35.5. The first-order valence-electron chi connectivity index (χ1n) is 5.19. The highest BCUT2D eigenvalue weighted by Gasteiger charge is 2.12. The molecular weight excluding hydrogens is 277 g/mol. The molecule has 1 aromatic rings. The Kier molecular flexibility index (Phi) is 6.04. The molecule has 5 nitrogen and oxygen atoms in total. The van der Waals surface area contributed by atoms with Crippen LogP contribution in [0.5, 0.6) is 0 Å². The van der Waals surface area contributed by atoms with Crippen molar-refractivity contribution in [2.24, 2.45) is 0 Å². The lowest BCUT2D eigenvalue weighted by atomic mass is 10.3. The Morgan fingerprint density at radius 1 is 1.50 bits per heavy atom. The Morgan fingerprint density at radius 3 is 2.89 bits per heavy atom. The van der Waals surface area contributed by atoms with Crippen LogP contribution in [0.4, 0.5) is 0 Å². The van der Waals surface area contributed by atoms with Crippen molar-refractivity contribution in [1.29, 1.82) is 0 Å². The van der Waals surface area contributed by atoms with Crippen LogP contribution in [0.25, 0.3) is 0 Å². The molecule has 0 aliphatic carbocycles. The molecule has 0 radical (unpaired) electrons. The van der Waals surface area contributed by atoms with E-state index in [0.29, 0.717) is 19.8 Å². The van der Waals surface area contributed by atoms with Gasteiger partial charge in [-0.2, -0.15) is 0 Å². The Labute approximate surface area is 115 Å². The largest absolute Gasteiger partial charge is 0.375 e. The number of halogens is 2. The van der Waals surface area contributed by atoms with E-state index in [0.717, 1.165) is 5.57 Å². The molecule has 1 heterocycles. The van der Waals surface area contributed by atoms with Gasteiger partial charge in [0, 0.05) is 6.54 Å². The average Bonchev–Trinajstić information content (AvgIpc) is 2.31. The third kappa shape index (κ3) is 5.00. The molecule has 0 fully saturated rings. The summed E-state index contributed by atoms with van der Waals surface area (Å²) in [5.74, 6) is -0.365. The zero-order valence-corrected chi connectivity index (χ0v) is 11.4. The minimum atomic E-state index is -0.365. The Hall–Kier alpha value is -1.17. The van der Waals surface area contributed by atoms with Crippen LogP contribution in [0.3, 0.4) is 0 Å². The number of hydrogen-bond donors (Lipinski definition) is 1. The van der Waals surface area contributed by atoms with Gasteiger partial charge in [0.15, 0.2) is 10.3 Å². The standard InChI is InChI=1S/C11H13Cl2N3O2/c1-7(2)6-18-4-3-14-11(17)8-5-9(12)15-16-10(8)13/h5H,1,3-4,6H2,2H3,(H,14,17). The zero-order chi connectivity index (χ0) is 13.5. The number of carbonyl (C=O) groups excluding carboxylic acids is 1. The number of carbonyl (C=O) groups is 1. The molecule has 0 aliphatic rings. The summed E-state index contributed by atoms with van der Waals surface area (Å²) in [5.41, 5.74) is 1.12. The number of hydrogen-bond acceptors (Lipinski definition) is 4. The van der Waals surface area contributed by atoms with E-state index < -0.39 is 0 Å². The molecule has 1 amide bonds. The van der Waals surface area contributed by atoms with Crippen molar-refractivity contribution in [3.8, 4) is 0 Å². The average molecular weight is 290 g/mol. The van der Waals surface area contributed by atoms with Crippen LogP contribution >= 0.6 is 23.2 Å². The van der Waals surface area contributed by atoms with Crippen molar-refractivity contribution in [3.63, 3.8) is 0 Å². The predicted molar refractivity (Wildman–Crippen MR) is 70.0 cm³/mol. The molecule has 0 atom stereocenters. The number of rotatable bonds is 6. The third-order valence-corrected chi connectivity index (χ3v) is 2.31. The van der Waals surface area contributed by atoms with E-state index in [2.05, 4.69) is 22.1 Å². The molecule has 0 bridgehead atoms. The molecule has 1 rings (SSSR count). The van der Waals surface area contributed by atoms with Gasteiger partial charge in [-0.05, 0) is 13.0 Å². The molecule has 7 heteroatoms. The van der Waals surface area contributed by atoms with Gasteiger partial charge in [-0.15, -0.1) is 10.2 Å². The number of nitrogens with one attached hydrogen (secondary N) is 1. The van der Waals surface area contributed by atoms with Gasteiger partial charge < -0.3 is 10.1 Å². The fraction of sp³-hybridized carbons (Fsp3) is 0.364. The van der Waals surface area contributed by atoms with Crippen molar-refractivity contribution in [2.45, 2.75) is 6.92 Å². The molecule has 98 valence electrons. The lowest BCUT2D eigenvalue weighted by Crippen LogP contribution is -2.28. The summed E-state index contributed by atoms with van der Waals surface area (Å²) in [6, 6.07) is 1.36. The molecule has 0 aromatic carbocycles. The van der Waals surface area contributed by atoms with Crippen LogP contribution in [0, 0.1) is 0 Å². The second-order valence-electron chi connectivity index (χ2n) is 3.64. The Morgan fingerprint density at radius 2 is 2.22 bits per heavy atom. The van der Waals surface area contributed by atoms with Crippen LogP contribution in [0.1, 0.15) is 17.3 Å². The van der Waals surface area contributed by atoms with Crippen molar-refractivity contribution in [1.82, 2.24) is 15.5 Å². The molecule has 0 aliphatic heterocycles. The third-order valence-electron chi connectivity index (χ3n) is 1.84. The van der Waals surface area contributed by atoms with Crippen LogP contribution in [0.2, 0.25) is 10.3 Å². The van der Waals surface area contributed by atoms with Gasteiger partial charge in [-0.1, -0.05) is 35.4 Å². The van der Waals surface area contributed by atoms with E-state index in [1.807, 2.05) is 6.92 Å². The van der Waals surface area contributed by atoms with E-state index >= 15 is 0 Å². The van der Waals surface area contributed by atoms with Gasteiger partial charge in [-0.25, -0.2) is 0 Å². The van der Waals surface area contributed by atoms with Gasteiger partial charge >= 0.3 is 0 Å². The number of aromatic nitrogens is 2. The Bertz CT molecular complexity index is 452.